The number of aliphatic hydroxyl groups is 2. The fraction of sp³-hybridized carbons (Fsp3) is 0.643. The molecule has 0 aliphatic heterocycles. The molecule has 1 rings (SSSR count). The molecule has 1 aromatic heterocycles. The molecule has 3 atom stereocenters. The van der Waals surface area contributed by atoms with Gasteiger partial charge in [0, 0.05) is 12.6 Å². The maximum absolute atomic E-state index is 12.0. The smallest absolute Gasteiger partial charge is 0.234 e. The van der Waals surface area contributed by atoms with Crippen molar-refractivity contribution >= 4 is 5.91 Å². The van der Waals surface area contributed by atoms with Crippen LogP contribution in [0.5, 0.6) is 0 Å². The standard InChI is InChI=1S/C14H24N2O4/c1-10(9-17)16(7-11(2)18)8-14(19)15-12(3)13-5-4-6-20-13/h4-6,10-12,17-18H,7-9H2,1-3H3,(H,15,19)/t10-,11-,12+/m0/s1. The Hall–Kier alpha value is -1.37. The van der Waals surface area contributed by atoms with Gasteiger partial charge in [-0.1, -0.05) is 0 Å². The maximum Gasteiger partial charge on any atom is 0.234 e. The Morgan fingerprint density at radius 1 is 1.45 bits per heavy atom. The monoisotopic (exact) mass is 284 g/mol. The van der Waals surface area contributed by atoms with Gasteiger partial charge < -0.3 is 19.9 Å². The van der Waals surface area contributed by atoms with Gasteiger partial charge in [0.05, 0.1) is 31.6 Å². The molecule has 6 nitrogen and oxygen atoms in total. The Labute approximate surface area is 119 Å². The normalized spacial score (nSPS) is 15.9. The van der Waals surface area contributed by atoms with Crippen molar-refractivity contribution in [2.75, 3.05) is 19.7 Å². The molecule has 0 fully saturated rings. The molecule has 1 heterocycles. The largest absolute Gasteiger partial charge is 0.467 e. The first-order valence-corrected chi connectivity index (χ1v) is 6.79. The zero-order chi connectivity index (χ0) is 15.1. The molecule has 114 valence electrons. The number of nitrogens with one attached hydrogen (secondary N) is 1. The van der Waals surface area contributed by atoms with Gasteiger partial charge in [0.25, 0.3) is 0 Å². The zero-order valence-corrected chi connectivity index (χ0v) is 12.2. The van der Waals surface area contributed by atoms with Gasteiger partial charge in [-0.3, -0.25) is 9.69 Å². The van der Waals surface area contributed by atoms with Crippen molar-refractivity contribution in [1.29, 1.82) is 0 Å². The average molecular weight is 284 g/mol. The summed E-state index contributed by atoms with van der Waals surface area (Å²) in [4.78, 5) is 13.7. The van der Waals surface area contributed by atoms with E-state index in [1.54, 1.807) is 30.2 Å². The quantitative estimate of drug-likeness (QED) is 0.648. The van der Waals surface area contributed by atoms with Crippen LogP contribution in [0.25, 0.3) is 0 Å². The van der Waals surface area contributed by atoms with Gasteiger partial charge in [-0.25, -0.2) is 0 Å². The van der Waals surface area contributed by atoms with Crippen molar-refractivity contribution in [3.8, 4) is 0 Å². The van der Waals surface area contributed by atoms with E-state index in [0.29, 0.717) is 12.3 Å². The third-order valence-electron chi connectivity index (χ3n) is 3.08. The van der Waals surface area contributed by atoms with Crippen LogP contribution >= 0.6 is 0 Å². The average Bonchev–Trinajstić information content (AvgIpc) is 2.90. The Morgan fingerprint density at radius 3 is 2.65 bits per heavy atom. The number of hydrogen-bond donors (Lipinski definition) is 3. The zero-order valence-electron chi connectivity index (χ0n) is 12.2. The number of nitrogens with zero attached hydrogens (tertiary/aromatic N) is 1. The summed E-state index contributed by atoms with van der Waals surface area (Å²) in [6, 6.07) is 3.17. The van der Waals surface area contributed by atoms with Crippen LogP contribution in [0.3, 0.4) is 0 Å². The molecule has 0 saturated heterocycles. The molecule has 0 spiro atoms. The first kappa shape index (κ1) is 16.7. The maximum atomic E-state index is 12.0. The van der Waals surface area contributed by atoms with E-state index in [0.717, 1.165) is 0 Å². The highest BCUT2D eigenvalue weighted by Gasteiger charge is 2.20. The number of amides is 1. The third-order valence-corrected chi connectivity index (χ3v) is 3.08. The van der Waals surface area contributed by atoms with Gasteiger partial charge in [-0.15, -0.1) is 0 Å². The second kappa shape index (κ2) is 8.04. The number of carbonyl (C=O) groups excluding carboxylic acids is 1. The Bertz CT molecular complexity index is 392. The summed E-state index contributed by atoms with van der Waals surface area (Å²) in [7, 11) is 0. The van der Waals surface area contributed by atoms with Gasteiger partial charge in [-0.2, -0.15) is 0 Å². The molecular formula is C14H24N2O4. The van der Waals surface area contributed by atoms with Gasteiger partial charge in [0.1, 0.15) is 5.76 Å². The topological polar surface area (TPSA) is 85.9 Å². The molecule has 0 aliphatic rings. The predicted octanol–water partition coefficient (Wildman–Crippen LogP) is 0.520. The minimum atomic E-state index is -0.556. The fourth-order valence-electron chi connectivity index (χ4n) is 1.94. The molecule has 0 saturated carbocycles. The highest BCUT2D eigenvalue weighted by Crippen LogP contribution is 2.12. The fourth-order valence-corrected chi connectivity index (χ4v) is 1.94. The number of rotatable bonds is 8. The molecule has 0 bridgehead atoms. The van der Waals surface area contributed by atoms with Crippen molar-refractivity contribution in [3.63, 3.8) is 0 Å². The summed E-state index contributed by atoms with van der Waals surface area (Å²) in [5.74, 6) is 0.519. The van der Waals surface area contributed by atoms with Crippen LogP contribution in [-0.2, 0) is 4.79 Å². The van der Waals surface area contributed by atoms with Crippen molar-refractivity contribution in [2.45, 2.75) is 39.0 Å². The summed E-state index contributed by atoms with van der Waals surface area (Å²) in [5.41, 5.74) is 0. The molecule has 0 radical (unpaired) electrons. The summed E-state index contributed by atoms with van der Waals surface area (Å²) < 4.78 is 5.23. The minimum Gasteiger partial charge on any atom is -0.467 e. The third kappa shape index (κ3) is 5.32. The molecule has 0 aliphatic carbocycles. The van der Waals surface area contributed by atoms with E-state index < -0.39 is 6.10 Å². The molecule has 1 amide bonds. The van der Waals surface area contributed by atoms with Crippen molar-refractivity contribution in [3.05, 3.63) is 24.2 Å². The van der Waals surface area contributed by atoms with Crippen LogP contribution in [-0.4, -0.2) is 52.9 Å². The number of hydrogen-bond acceptors (Lipinski definition) is 5. The molecule has 3 N–H and O–H groups in total. The van der Waals surface area contributed by atoms with E-state index in [2.05, 4.69) is 5.32 Å². The van der Waals surface area contributed by atoms with Crippen LogP contribution in [0.2, 0.25) is 0 Å². The van der Waals surface area contributed by atoms with Crippen LogP contribution < -0.4 is 5.32 Å². The van der Waals surface area contributed by atoms with E-state index in [-0.39, 0.29) is 31.1 Å². The van der Waals surface area contributed by atoms with Crippen molar-refractivity contribution < 1.29 is 19.4 Å². The van der Waals surface area contributed by atoms with Gasteiger partial charge >= 0.3 is 0 Å². The molecule has 0 unspecified atom stereocenters. The lowest BCUT2D eigenvalue weighted by Gasteiger charge is -2.28. The van der Waals surface area contributed by atoms with Crippen LogP contribution in [0.1, 0.15) is 32.6 Å². The van der Waals surface area contributed by atoms with E-state index in [4.69, 9.17) is 4.42 Å². The molecule has 20 heavy (non-hydrogen) atoms. The molecule has 6 heteroatoms. The number of carbonyl (C=O) groups is 1. The first-order valence-electron chi connectivity index (χ1n) is 6.79. The van der Waals surface area contributed by atoms with Crippen LogP contribution in [0, 0.1) is 0 Å². The number of furan rings is 1. The van der Waals surface area contributed by atoms with Crippen LogP contribution in [0.15, 0.2) is 22.8 Å². The van der Waals surface area contributed by atoms with E-state index in [1.165, 1.54) is 0 Å². The minimum absolute atomic E-state index is 0.0618. The number of aliphatic hydroxyl groups excluding tert-OH is 2. The Kier molecular flexibility index (Phi) is 6.70. The van der Waals surface area contributed by atoms with Crippen molar-refractivity contribution in [1.82, 2.24) is 10.2 Å². The summed E-state index contributed by atoms with van der Waals surface area (Å²) >= 11 is 0. The van der Waals surface area contributed by atoms with E-state index >= 15 is 0 Å². The van der Waals surface area contributed by atoms with Gasteiger partial charge in [0.2, 0.25) is 5.91 Å². The van der Waals surface area contributed by atoms with E-state index in [9.17, 15) is 15.0 Å². The lowest BCUT2D eigenvalue weighted by molar-refractivity contribution is -0.124. The predicted molar refractivity (Wildman–Crippen MR) is 75.1 cm³/mol. The summed E-state index contributed by atoms with van der Waals surface area (Å²) in [6.45, 7) is 5.70. The second-order valence-corrected chi connectivity index (χ2v) is 5.11. The van der Waals surface area contributed by atoms with Gasteiger partial charge in [-0.05, 0) is 32.9 Å². The summed E-state index contributed by atoms with van der Waals surface area (Å²) in [5, 5.41) is 21.5. The SMILES string of the molecule is C[C@H](O)CN(CC(=O)N[C@H](C)c1ccco1)[C@@H](C)CO. The van der Waals surface area contributed by atoms with E-state index in [1.807, 2.05) is 13.8 Å². The Morgan fingerprint density at radius 2 is 2.15 bits per heavy atom. The Balaban J connectivity index is 2.53. The molecule has 1 aromatic rings. The van der Waals surface area contributed by atoms with Crippen molar-refractivity contribution in [2.24, 2.45) is 0 Å². The lowest BCUT2D eigenvalue weighted by Crippen LogP contribution is -2.46. The van der Waals surface area contributed by atoms with Gasteiger partial charge in [0.15, 0.2) is 0 Å². The highest BCUT2D eigenvalue weighted by atomic mass is 16.3. The second-order valence-electron chi connectivity index (χ2n) is 5.11. The summed E-state index contributed by atoms with van der Waals surface area (Å²) in [6.07, 6.45) is 1.00. The lowest BCUT2D eigenvalue weighted by atomic mass is 10.2. The highest BCUT2D eigenvalue weighted by molar-refractivity contribution is 5.78. The first-order chi connectivity index (χ1) is 9.43. The molecular weight excluding hydrogens is 260 g/mol. The van der Waals surface area contributed by atoms with Crippen LogP contribution in [0.4, 0.5) is 0 Å². The molecule has 0 aromatic carbocycles.